The van der Waals surface area contributed by atoms with Crippen LogP contribution in [-0.2, 0) is 11.2 Å². The standard InChI is InChI=1S/C26H39NO2/c1-26-15-14-22-21-11-9-20(29-17-7-5-4-6-16-27(2)3)18-19(21)8-10-23(22)24(26)12-13-25(26)28/h9,11,18,22-24H,4-8,10,12-17H2,1-3H3/t22-,23-,24+,26+/m1/s1. The zero-order chi connectivity index (χ0) is 20.4. The average Bonchev–Trinajstić information content (AvgIpc) is 3.01. The second kappa shape index (κ2) is 8.79. The predicted octanol–water partition coefficient (Wildman–Crippen LogP) is 5.61. The predicted molar refractivity (Wildman–Crippen MR) is 119 cm³/mol. The molecular weight excluding hydrogens is 358 g/mol. The molecule has 2 fully saturated rings. The average molecular weight is 398 g/mol. The van der Waals surface area contributed by atoms with Gasteiger partial charge in [-0.1, -0.05) is 25.8 Å². The van der Waals surface area contributed by atoms with E-state index in [4.69, 9.17) is 4.74 Å². The number of nitrogens with zero attached hydrogens (tertiary/aromatic N) is 1. The Labute approximate surface area is 177 Å². The van der Waals surface area contributed by atoms with Crippen molar-refractivity contribution in [1.82, 2.24) is 4.90 Å². The van der Waals surface area contributed by atoms with Crippen LogP contribution in [0.3, 0.4) is 0 Å². The van der Waals surface area contributed by atoms with E-state index in [-0.39, 0.29) is 5.41 Å². The van der Waals surface area contributed by atoms with Crippen LogP contribution in [0.15, 0.2) is 18.2 Å². The highest BCUT2D eigenvalue weighted by molar-refractivity contribution is 5.87. The Balaban J connectivity index is 1.31. The van der Waals surface area contributed by atoms with E-state index in [0.717, 1.165) is 44.5 Å². The fourth-order valence-electron chi connectivity index (χ4n) is 6.49. The molecule has 4 rings (SSSR count). The van der Waals surface area contributed by atoms with Crippen LogP contribution >= 0.6 is 0 Å². The van der Waals surface area contributed by atoms with Gasteiger partial charge in [0.15, 0.2) is 0 Å². The molecule has 0 heterocycles. The number of hydrogen-bond donors (Lipinski definition) is 0. The molecule has 29 heavy (non-hydrogen) atoms. The Morgan fingerprint density at radius 2 is 1.90 bits per heavy atom. The van der Waals surface area contributed by atoms with Crippen molar-refractivity contribution >= 4 is 5.78 Å². The van der Waals surface area contributed by atoms with E-state index in [2.05, 4.69) is 44.1 Å². The van der Waals surface area contributed by atoms with Crippen molar-refractivity contribution in [3.05, 3.63) is 29.3 Å². The highest BCUT2D eigenvalue weighted by atomic mass is 16.5. The van der Waals surface area contributed by atoms with Crippen LogP contribution in [0.5, 0.6) is 5.75 Å². The van der Waals surface area contributed by atoms with E-state index in [1.165, 1.54) is 44.2 Å². The largest absolute Gasteiger partial charge is 0.494 e. The third kappa shape index (κ3) is 4.26. The van der Waals surface area contributed by atoms with Crippen molar-refractivity contribution in [1.29, 1.82) is 0 Å². The van der Waals surface area contributed by atoms with E-state index >= 15 is 0 Å². The van der Waals surface area contributed by atoms with Gasteiger partial charge in [-0.3, -0.25) is 4.79 Å². The van der Waals surface area contributed by atoms with Crippen molar-refractivity contribution in [2.45, 2.75) is 77.0 Å². The van der Waals surface area contributed by atoms with Gasteiger partial charge in [-0.2, -0.15) is 0 Å². The van der Waals surface area contributed by atoms with Crippen molar-refractivity contribution in [3.63, 3.8) is 0 Å². The lowest BCUT2D eigenvalue weighted by atomic mass is 9.55. The second-order valence-corrected chi connectivity index (χ2v) is 10.3. The summed E-state index contributed by atoms with van der Waals surface area (Å²) in [5.74, 6) is 3.57. The van der Waals surface area contributed by atoms with E-state index in [1.54, 1.807) is 5.56 Å². The van der Waals surface area contributed by atoms with Gasteiger partial charge in [0.1, 0.15) is 11.5 Å². The van der Waals surface area contributed by atoms with Crippen LogP contribution < -0.4 is 4.74 Å². The second-order valence-electron chi connectivity index (χ2n) is 10.3. The number of carbonyl (C=O) groups is 1. The van der Waals surface area contributed by atoms with Crippen molar-refractivity contribution < 1.29 is 9.53 Å². The first kappa shape index (κ1) is 20.9. The number of carbonyl (C=O) groups excluding carboxylic acids is 1. The first-order chi connectivity index (χ1) is 14.0. The number of aryl methyl sites for hydroxylation is 1. The van der Waals surface area contributed by atoms with E-state index < -0.39 is 0 Å². The van der Waals surface area contributed by atoms with Crippen LogP contribution in [0.25, 0.3) is 0 Å². The van der Waals surface area contributed by atoms with Gasteiger partial charge < -0.3 is 9.64 Å². The maximum Gasteiger partial charge on any atom is 0.139 e. The Bertz CT molecular complexity index is 727. The zero-order valence-electron chi connectivity index (χ0n) is 18.7. The lowest BCUT2D eigenvalue weighted by molar-refractivity contribution is -0.129. The van der Waals surface area contributed by atoms with Gasteiger partial charge in [0, 0.05) is 11.8 Å². The minimum Gasteiger partial charge on any atom is -0.494 e. The number of rotatable bonds is 8. The number of fused-ring (bicyclic) bond motifs is 5. The molecule has 1 aromatic rings. The molecule has 0 aliphatic heterocycles. The van der Waals surface area contributed by atoms with Crippen LogP contribution in [0, 0.1) is 17.3 Å². The maximum atomic E-state index is 12.5. The van der Waals surface area contributed by atoms with Gasteiger partial charge >= 0.3 is 0 Å². The molecule has 0 N–H and O–H groups in total. The van der Waals surface area contributed by atoms with Crippen LogP contribution in [0.2, 0.25) is 0 Å². The quantitative estimate of drug-likeness (QED) is 0.534. The summed E-state index contributed by atoms with van der Waals surface area (Å²) in [7, 11) is 4.28. The summed E-state index contributed by atoms with van der Waals surface area (Å²) in [6.45, 7) is 4.27. The van der Waals surface area contributed by atoms with Gasteiger partial charge in [0.25, 0.3) is 0 Å². The molecule has 0 spiro atoms. The molecule has 0 radical (unpaired) electrons. The summed E-state index contributed by atoms with van der Waals surface area (Å²) < 4.78 is 6.08. The third-order valence-electron chi connectivity index (χ3n) is 8.18. The summed E-state index contributed by atoms with van der Waals surface area (Å²) in [5.41, 5.74) is 3.04. The number of hydrogen-bond acceptors (Lipinski definition) is 3. The molecule has 0 bridgehead atoms. The fourth-order valence-corrected chi connectivity index (χ4v) is 6.49. The smallest absolute Gasteiger partial charge is 0.139 e. The Kier molecular flexibility index (Phi) is 6.34. The Hall–Kier alpha value is -1.35. The molecular formula is C26H39NO2. The molecule has 1 aromatic carbocycles. The van der Waals surface area contributed by atoms with Crippen molar-refractivity contribution in [2.75, 3.05) is 27.2 Å². The first-order valence-electron chi connectivity index (χ1n) is 11.9. The number of ketones is 1. The lowest BCUT2D eigenvalue weighted by Gasteiger charge is -2.48. The van der Waals surface area contributed by atoms with Gasteiger partial charge in [-0.15, -0.1) is 0 Å². The van der Waals surface area contributed by atoms with Gasteiger partial charge in [0.2, 0.25) is 0 Å². The number of unbranched alkanes of at least 4 members (excludes halogenated alkanes) is 3. The fraction of sp³-hybridized carbons (Fsp3) is 0.731. The summed E-state index contributed by atoms with van der Waals surface area (Å²) in [4.78, 5) is 14.7. The topological polar surface area (TPSA) is 29.5 Å². The lowest BCUT2D eigenvalue weighted by Crippen LogP contribution is -2.42. The van der Waals surface area contributed by atoms with Crippen molar-refractivity contribution in [3.8, 4) is 5.75 Å². The molecule has 0 saturated heterocycles. The molecule has 2 saturated carbocycles. The van der Waals surface area contributed by atoms with Crippen LogP contribution in [0.4, 0.5) is 0 Å². The van der Waals surface area contributed by atoms with E-state index in [9.17, 15) is 4.79 Å². The van der Waals surface area contributed by atoms with Gasteiger partial charge in [-0.05, 0) is 107 Å². The number of ether oxygens (including phenoxy) is 1. The molecule has 3 aliphatic carbocycles. The molecule has 0 aromatic heterocycles. The van der Waals surface area contributed by atoms with Crippen LogP contribution in [0.1, 0.15) is 81.8 Å². The molecule has 4 atom stereocenters. The Morgan fingerprint density at radius 1 is 1.07 bits per heavy atom. The van der Waals surface area contributed by atoms with Crippen molar-refractivity contribution in [2.24, 2.45) is 17.3 Å². The Morgan fingerprint density at radius 3 is 2.72 bits per heavy atom. The van der Waals surface area contributed by atoms with Gasteiger partial charge in [-0.25, -0.2) is 0 Å². The van der Waals surface area contributed by atoms with Gasteiger partial charge in [0.05, 0.1) is 6.61 Å². The first-order valence-corrected chi connectivity index (χ1v) is 11.9. The SMILES string of the molecule is CN(C)CCCCCCOc1ccc2c(c1)CC[C@@H]1[C@@H]2CC[C@]2(C)C(=O)CC[C@@H]12. The number of benzene rings is 1. The highest BCUT2D eigenvalue weighted by Crippen LogP contribution is 2.59. The molecule has 0 unspecified atom stereocenters. The minimum atomic E-state index is -0.0196. The summed E-state index contributed by atoms with van der Waals surface area (Å²) in [6.07, 6.45) is 11.6. The number of Topliss-reactive ketones (excluding diaryl/α,β-unsaturated/α-hetero) is 1. The summed E-state index contributed by atoms with van der Waals surface area (Å²) in [6, 6.07) is 6.85. The molecule has 3 heteroatoms. The summed E-state index contributed by atoms with van der Waals surface area (Å²) in [5, 5.41) is 0. The molecule has 3 nitrogen and oxygen atoms in total. The molecule has 0 amide bonds. The van der Waals surface area contributed by atoms with Crippen LogP contribution in [-0.4, -0.2) is 37.9 Å². The minimum absolute atomic E-state index is 0.0196. The maximum absolute atomic E-state index is 12.5. The summed E-state index contributed by atoms with van der Waals surface area (Å²) >= 11 is 0. The zero-order valence-corrected chi connectivity index (χ0v) is 18.7. The molecule has 160 valence electrons. The van der Waals surface area contributed by atoms with E-state index in [0.29, 0.717) is 23.5 Å². The van der Waals surface area contributed by atoms with E-state index in [1.807, 2.05) is 0 Å². The third-order valence-corrected chi connectivity index (χ3v) is 8.18. The normalized spacial score (nSPS) is 30.8. The molecule has 3 aliphatic rings. The monoisotopic (exact) mass is 397 g/mol. The highest BCUT2D eigenvalue weighted by Gasteiger charge is 2.54.